The van der Waals surface area contributed by atoms with Crippen LogP contribution in [0, 0.1) is 0 Å². The van der Waals surface area contributed by atoms with Crippen LogP contribution in [0.25, 0.3) is 10.9 Å². The molecule has 0 saturated heterocycles. The summed E-state index contributed by atoms with van der Waals surface area (Å²) in [6, 6.07) is 7.18. The highest BCUT2D eigenvalue weighted by atomic mass is 19.4. The number of alkyl halides is 3. The van der Waals surface area contributed by atoms with Crippen LogP contribution < -0.4 is 10.1 Å². The second kappa shape index (κ2) is 10.0. The van der Waals surface area contributed by atoms with Gasteiger partial charge in [0.2, 0.25) is 0 Å². The van der Waals surface area contributed by atoms with Crippen molar-refractivity contribution in [3.05, 3.63) is 47.9 Å². The summed E-state index contributed by atoms with van der Waals surface area (Å²) in [6.07, 6.45) is 5.06. The first-order valence-electron chi connectivity index (χ1n) is 11.4. The molecule has 0 atom stereocenters. The van der Waals surface area contributed by atoms with Crippen molar-refractivity contribution in [3.8, 4) is 5.75 Å². The Morgan fingerprint density at radius 3 is 2.53 bits per heavy atom. The molecule has 0 aliphatic heterocycles. The van der Waals surface area contributed by atoms with Gasteiger partial charge in [0.05, 0.1) is 23.3 Å². The van der Waals surface area contributed by atoms with E-state index in [2.05, 4.69) is 10.3 Å². The van der Waals surface area contributed by atoms with Crippen molar-refractivity contribution in [2.24, 2.45) is 0 Å². The van der Waals surface area contributed by atoms with Crippen molar-refractivity contribution < 1.29 is 27.8 Å². The van der Waals surface area contributed by atoms with E-state index < -0.39 is 17.8 Å². The lowest BCUT2D eigenvalue weighted by Crippen LogP contribution is -2.17. The van der Waals surface area contributed by atoms with Gasteiger partial charge in [-0.1, -0.05) is 25.3 Å². The maximum Gasteiger partial charge on any atom is 0.433 e. The fourth-order valence-corrected chi connectivity index (χ4v) is 4.07. The van der Waals surface area contributed by atoms with Crippen LogP contribution in [0.15, 0.2) is 36.5 Å². The van der Waals surface area contributed by atoms with Gasteiger partial charge in [-0.2, -0.15) is 18.3 Å². The van der Waals surface area contributed by atoms with Gasteiger partial charge in [0.15, 0.2) is 0 Å². The number of hydrogen-bond acceptors (Lipinski definition) is 5. The molecule has 2 aliphatic rings. The topological polar surface area (TPSA) is 89.3 Å². The van der Waals surface area contributed by atoms with E-state index in [0.29, 0.717) is 17.5 Å². The van der Waals surface area contributed by atoms with Gasteiger partial charge in [-0.15, -0.1) is 0 Å². The third-order valence-electron chi connectivity index (χ3n) is 5.91. The number of rotatable bonds is 5. The van der Waals surface area contributed by atoms with E-state index in [1.54, 1.807) is 12.1 Å². The number of aliphatic hydroxyl groups excluding tert-OH is 1. The van der Waals surface area contributed by atoms with Crippen LogP contribution in [0.1, 0.15) is 67.2 Å². The SMILES string of the molecule is CO.O=C(Nc1cc2cn(C3CCCCC3)nc2cc1OC1CC1)c1cccc(C(F)(F)F)n1. The number of aromatic nitrogens is 3. The molecule has 0 unspecified atom stereocenters. The first-order chi connectivity index (χ1) is 16.4. The highest BCUT2D eigenvalue weighted by molar-refractivity contribution is 6.05. The molecule has 2 heterocycles. The van der Waals surface area contributed by atoms with Gasteiger partial charge >= 0.3 is 6.18 Å². The molecule has 1 aromatic carbocycles. The summed E-state index contributed by atoms with van der Waals surface area (Å²) in [5.74, 6) is -0.259. The summed E-state index contributed by atoms with van der Waals surface area (Å²) < 4.78 is 46.9. The van der Waals surface area contributed by atoms with E-state index >= 15 is 0 Å². The van der Waals surface area contributed by atoms with Crippen LogP contribution in [-0.2, 0) is 6.18 Å². The zero-order valence-corrected chi connectivity index (χ0v) is 18.8. The van der Waals surface area contributed by atoms with E-state index in [4.69, 9.17) is 14.9 Å². The summed E-state index contributed by atoms with van der Waals surface area (Å²) in [5.41, 5.74) is -0.253. The number of benzene rings is 1. The second-order valence-electron chi connectivity index (χ2n) is 8.49. The molecular formula is C24H27F3N4O3. The maximum atomic E-state index is 13.0. The molecule has 0 radical (unpaired) electrons. The van der Waals surface area contributed by atoms with Crippen molar-refractivity contribution in [3.63, 3.8) is 0 Å². The molecule has 0 spiro atoms. The van der Waals surface area contributed by atoms with Gasteiger partial charge < -0.3 is 15.2 Å². The van der Waals surface area contributed by atoms with Gasteiger partial charge in [0.25, 0.3) is 5.91 Å². The first-order valence-corrected chi connectivity index (χ1v) is 11.4. The number of hydrogen-bond donors (Lipinski definition) is 2. The number of ether oxygens (including phenoxy) is 1. The third kappa shape index (κ3) is 5.49. The molecule has 2 N–H and O–H groups in total. The number of nitrogens with one attached hydrogen (secondary N) is 1. The minimum atomic E-state index is -4.62. The van der Waals surface area contributed by atoms with Gasteiger partial charge in [0.1, 0.15) is 17.1 Å². The molecule has 2 aromatic heterocycles. The average molecular weight is 476 g/mol. The monoisotopic (exact) mass is 476 g/mol. The van der Waals surface area contributed by atoms with Gasteiger partial charge in [-0.25, -0.2) is 4.98 Å². The second-order valence-corrected chi connectivity index (χ2v) is 8.49. The average Bonchev–Trinajstić information content (AvgIpc) is 3.57. The third-order valence-corrected chi connectivity index (χ3v) is 5.91. The Kier molecular flexibility index (Phi) is 7.06. The van der Waals surface area contributed by atoms with Crippen molar-refractivity contribution >= 4 is 22.5 Å². The maximum absolute atomic E-state index is 13.0. The van der Waals surface area contributed by atoms with E-state index in [0.717, 1.165) is 49.8 Å². The number of carbonyl (C=O) groups is 1. The molecule has 2 aliphatic carbocycles. The molecule has 7 nitrogen and oxygen atoms in total. The molecule has 2 fully saturated rings. The Labute approximate surface area is 194 Å². The minimum absolute atomic E-state index is 0.0789. The number of anilines is 1. The number of fused-ring (bicyclic) bond motifs is 1. The predicted octanol–water partition coefficient (Wildman–Crippen LogP) is 5.36. The van der Waals surface area contributed by atoms with Crippen molar-refractivity contribution in [2.75, 3.05) is 12.4 Å². The van der Waals surface area contributed by atoms with Crippen LogP contribution in [0.4, 0.5) is 18.9 Å². The van der Waals surface area contributed by atoms with E-state index in [9.17, 15) is 18.0 Å². The van der Waals surface area contributed by atoms with Gasteiger partial charge in [0, 0.05) is 24.8 Å². The smallest absolute Gasteiger partial charge is 0.433 e. The Morgan fingerprint density at radius 2 is 1.85 bits per heavy atom. The van der Waals surface area contributed by atoms with Gasteiger partial charge in [-0.3, -0.25) is 9.48 Å². The number of amides is 1. The standard InChI is InChI=1S/C23H23F3N4O2.CH4O/c24-23(25,26)21-8-4-7-17(27-21)22(31)28-19-11-14-13-30(15-5-2-1-3-6-15)29-18(14)12-20(19)32-16-9-10-16;1-2/h4,7-8,11-13,15-16H,1-3,5-6,9-10H2,(H,28,31);2H,1H3. The number of nitrogens with zero attached hydrogens (tertiary/aromatic N) is 3. The van der Waals surface area contributed by atoms with Crippen LogP contribution >= 0.6 is 0 Å². The summed E-state index contributed by atoms with van der Waals surface area (Å²) >= 11 is 0. The zero-order valence-electron chi connectivity index (χ0n) is 18.8. The lowest BCUT2D eigenvalue weighted by atomic mass is 9.96. The lowest BCUT2D eigenvalue weighted by molar-refractivity contribution is -0.141. The summed E-state index contributed by atoms with van der Waals surface area (Å²) in [4.78, 5) is 16.2. The lowest BCUT2D eigenvalue weighted by Gasteiger charge is -2.21. The Morgan fingerprint density at radius 1 is 1.12 bits per heavy atom. The van der Waals surface area contributed by atoms with Crippen molar-refractivity contribution in [1.29, 1.82) is 0 Å². The molecule has 182 valence electrons. The highest BCUT2D eigenvalue weighted by Crippen LogP contribution is 2.37. The number of carbonyl (C=O) groups excluding carboxylic acids is 1. The minimum Gasteiger partial charge on any atom is -0.488 e. The number of pyridine rings is 1. The predicted molar refractivity (Wildman–Crippen MR) is 121 cm³/mol. The Hall–Kier alpha value is -3.14. The van der Waals surface area contributed by atoms with Crippen molar-refractivity contribution in [2.45, 2.75) is 63.3 Å². The molecule has 3 aromatic rings. The number of halogens is 3. The molecule has 0 bridgehead atoms. The molecular weight excluding hydrogens is 449 g/mol. The summed E-state index contributed by atoms with van der Waals surface area (Å²) in [5, 5.41) is 15.3. The molecule has 1 amide bonds. The fourth-order valence-electron chi connectivity index (χ4n) is 4.07. The summed E-state index contributed by atoms with van der Waals surface area (Å²) in [7, 11) is 1.00. The quantitative estimate of drug-likeness (QED) is 0.518. The first kappa shape index (κ1) is 24.0. The Balaban J connectivity index is 0.00000133. The molecule has 5 rings (SSSR count). The Bertz CT molecular complexity index is 1150. The number of aliphatic hydroxyl groups is 1. The largest absolute Gasteiger partial charge is 0.488 e. The molecule has 2 saturated carbocycles. The van der Waals surface area contributed by atoms with Crippen LogP contribution in [0.3, 0.4) is 0 Å². The normalized spacial score (nSPS) is 16.6. The molecule has 10 heteroatoms. The fraction of sp³-hybridized carbons (Fsp3) is 0.458. The van der Waals surface area contributed by atoms with E-state index in [-0.39, 0.29) is 11.8 Å². The van der Waals surface area contributed by atoms with Gasteiger partial charge in [-0.05, 0) is 43.9 Å². The van der Waals surface area contributed by atoms with E-state index in [1.807, 2.05) is 10.9 Å². The molecule has 34 heavy (non-hydrogen) atoms. The van der Waals surface area contributed by atoms with Crippen molar-refractivity contribution in [1.82, 2.24) is 14.8 Å². The zero-order chi connectivity index (χ0) is 24.3. The van der Waals surface area contributed by atoms with Crippen LogP contribution in [0.2, 0.25) is 0 Å². The van der Waals surface area contributed by atoms with E-state index in [1.165, 1.54) is 31.4 Å². The van der Waals surface area contributed by atoms with Crippen LogP contribution in [-0.4, -0.2) is 39.0 Å². The van der Waals surface area contributed by atoms with Crippen LogP contribution in [0.5, 0.6) is 5.75 Å². The summed E-state index contributed by atoms with van der Waals surface area (Å²) in [6.45, 7) is 0. The highest BCUT2D eigenvalue weighted by Gasteiger charge is 2.33.